The van der Waals surface area contributed by atoms with E-state index in [1.165, 1.54) is 0 Å². The van der Waals surface area contributed by atoms with Crippen molar-refractivity contribution in [1.82, 2.24) is 0 Å². The Kier molecular flexibility index (Phi) is 4.12. The van der Waals surface area contributed by atoms with Gasteiger partial charge < -0.3 is 11.1 Å². The van der Waals surface area contributed by atoms with Crippen LogP contribution in [-0.2, 0) is 0 Å². The molecular formula is C14H12BrClN2O. The zero-order chi connectivity index (χ0) is 14.0. The van der Waals surface area contributed by atoms with Crippen LogP contribution in [0.2, 0.25) is 5.02 Å². The van der Waals surface area contributed by atoms with Crippen LogP contribution in [0.15, 0.2) is 40.9 Å². The van der Waals surface area contributed by atoms with Crippen LogP contribution >= 0.6 is 27.5 Å². The number of anilines is 2. The van der Waals surface area contributed by atoms with Crippen LogP contribution in [-0.4, -0.2) is 5.91 Å². The molecule has 0 heterocycles. The van der Waals surface area contributed by atoms with Crippen molar-refractivity contribution in [3.05, 3.63) is 57.0 Å². The maximum absolute atomic E-state index is 12.1. The van der Waals surface area contributed by atoms with E-state index in [9.17, 15) is 4.79 Å². The number of amides is 1. The fourth-order valence-electron chi connectivity index (χ4n) is 1.58. The molecule has 0 aliphatic carbocycles. The highest BCUT2D eigenvalue weighted by molar-refractivity contribution is 9.10. The third kappa shape index (κ3) is 3.28. The van der Waals surface area contributed by atoms with Crippen LogP contribution in [0.3, 0.4) is 0 Å². The van der Waals surface area contributed by atoms with Gasteiger partial charge in [-0.3, -0.25) is 4.79 Å². The normalized spacial score (nSPS) is 10.3. The van der Waals surface area contributed by atoms with Gasteiger partial charge in [0.15, 0.2) is 0 Å². The molecule has 0 saturated carbocycles. The Bertz CT molecular complexity index is 643. The minimum atomic E-state index is -0.230. The van der Waals surface area contributed by atoms with Crippen molar-refractivity contribution in [2.45, 2.75) is 6.92 Å². The Balaban J connectivity index is 2.23. The van der Waals surface area contributed by atoms with Gasteiger partial charge in [0.1, 0.15) is 0 Å². The molecule has 0 atom stereocenters. The molecule has 19 heavy (non-hydrogen) atoms. The molecule has 5 heteroatoms. The van der Waals surface area contributed by atoms with Crippen LogP contribution in [0.1, 0.15) is 15.9 Å². The molecule has 0 aliphatic heterocycles. The first-order valence-corrected chi connectivity index (χ1v) is 6.77. The third-order valence-corrected chi connectivity index (χ3v) is 3.63. The lowest BCUT2D eigenvalue weighted by Crippen LogP contribution is -2.12. The number of carbonyl (C=O) groups is 1. The Morgan fingerprint density at radius 2 is 2.00 bits per heavy atom. The fourth-order valence-corrected chi connectivity index (χ4v) is 2.25. The Morgan fingerprint density at radius 1 is 1.26 bits per heavy atom. The highest BCUT2D eigenvalue weighted by atomic mass is 79.9. The minimum absolute atomic E-state index is 0.230. The molecule has 0 saturated heterocycles. The van der Waals surface area contributed by atoms with E-state index in [1.54, 1.807) is 30.3 Å². The lowest BCUT2D eigenvalue weighted by atomic mass is 10.2. The van der Waals surface area contributed by atoms with Crippen LogP contribution in [0.4, 0.5) is 11.4 Å². The lowest BCUT2D eigenvalue weighted by Gasteiger charge is -2.08. The molecular weight excluding hydrogens is 328 g/mol. The van der Waals surface area contributed by atoms with Crippen molar-refractivity contribution < 1.29 is 4.79 Å². The first-order chi connectivity index (χ1) is 8.97. The molecule has 0 aliphatic rings. The van der Waals surface area contributed by atoms with Crippen molar-refractivity contribution in [3.63, 3.8) is 0 Å². The van der Waals surface area contributed by atoms with Gasteiger partial charge in [-0.25, -0.2) is 0 Å². The smallest absolute Gasteiger partial charge is 0.255 e. The van der Waals surface area contributed by atoms with E-state index in [0.29, 0.717) is 26.4 Å². The molecule has 2 aromatic rings. The maximum Gasteiger partial charge on any atom is 0.255 e. The predicted molar refractivity (Wildman–Crippen MR) is 82.7 cm³/mol. The third-order valence-electron chi connectivity index (χ3n) is 2.64. The summed E-state index contributed by atoms with van der Waals surface area (Å²) in [7, 11) is 0. The highest BCUT2D eigenvalue weighted by Gasteiger charge is 2.09. The summed E-state index contributed by atoms with van der Waals surface area (Å²) in [6.45, 7) is 1.94. The number of hydrogen-bond acceptors (Lipinski definition) is 2. The predicted octanol–water partition coefficient (Wildman–Crippen LogP) is 4.25. The van der Waals surface area contributed by atoms with Crippen LogP contribution in [0.5, 0.6) is 0 Å². The Labute approximate surface area is 124 Å². The minimum Gasteiger partial charge on any atom is -0.398 e. The van der Waals surface area contributed by atoms with E-state index in [4.69, 9.17) is 17.3 Å². The van der Waals surface area contributed by atoms with E-state index >= 15 is 0 Å². The summed E-state index contributed by atoms with van der Waals surface area (Å²) in [4.78, 5) is 12.1. The molecule has 98 valence electrons. The fraction of sp³-hybridized carbons (Fsp3) is 0.0714. The quantitative estimate of drug-likeness (QED) is 0.804. The van der Waals surface area contributed by atoms with Gasteiger partial charge in [0.05, 0.1) is 10.7 Å². The highest BCUT2D eigenvalue weighted by Crippen LogP contribution is 2.25. The molecule has 0 radical (unpaired) electrons. The summed E-state index contributed by atoms with van der Waals surface area (Å²) < 4.78 is 0.690. The molecule has 0 bridgehead atoms. The molecule has 0 spiro atoms. The van der Waals surface area contributed by atoms with Crippen LogP contribution < -0.4 is 11.1 Å². The van der Waals surface area contributed by atoms with Crippen molar-refractivity contribution in [1.29, 1.82) is 0 Å². The van der Waals surface area contributed by atoms with Gasteiger partial charge in [0.2, 0.25) is 0 Å². The van der Waals surface area contributed by atoms with Crippen LogP contribution in [0, 0.1) is 6.92 Å². The number of nitrogen functional groups attached to an aromatic ring is 1. The number of aryl methyl sites for hydroxylation is 1. The number of halogens is 2. The average molecular weight is 340 g/mol. The Morgan fingerprint density at radius 3 is 2.63 bits per heavy atom. The van der Waals surface area contributed by atoms with Crippen molar-refractivity contribution in [2.75, 3.05) is 11.1 Å². The van der Waals surface area contributed by atoms with E-state index in [0.717, 1.165) is 5.56 Å². The van der Waals surface area contributed by atoms with Crippen molar-refractivity contribution in [3.8, 4) is 0 Å². The SMILES string of the molecule is Cc1ccc(NC(=O)c2ccc(N)c(Br)c2)c(Cl)c1. The number of nitrogens with two attached hydrogens (primary N) is 1. The van der Waals surface area contributed by atoms with Gasteiger partial charge in [-0.15, -0.1) is 0 Å². The molecule has 2 rings (SSSR count). The van der Waals surface area contributed by atoms with Gasteiger partial charge >= 0.3 is 0 Å². The monoisotopic (exact) mass is 338 g/mol. The zero-order valence-corrected chi connectivity index (χ0v) is 12.5. The van der Waals surface area contributed by atoms with Gasteiger partial charge in [-0.05, 0) is 58.7 Å². The van der Waals surface area contributed by atoms with E-state index in [-0.39, 0.29) is 5.91 Å². The summed E-state index contributed by atoms with van der Waals surface area (Å²) in [6.07, 6.45) is 0. The van der Waals surface area contributed by atoms with Crippen molar-refractivity contribution in [2.24, 2.45) is 0 Å². The molecule has 3 nitrogen and oxygen atoms in total. The maximum atomic E-state index is 12.1. The molecule has 0 unspecified atom stereocenters. The van der Waals surface area contributed by atoms with Crippen molar-refractivity contribution >= 4 is 44.8 Å². The standard InChI is InChI=1S/C14H12BrClN2O/c1-8-2-5-13(11(16)6-8)18-14(19)9-3-4-12(17)10(15)7-9/h2-7H,17H2,1H3,(H,18,19). The number of rotatable bonds is 2. The summed E-state index contributed by atoms with van der Waals surface area (Å²) >= 11 is 9.37. The lowest BCUT2D eigenvalue weighted by molar-refractivity contribution is 0.102. The second-order valence-electron chi connectivity index (χ2n) is 4.17. The molecule has 3 N–H and O–H groups in total. The second-order valence-corrected chi connectivity index (χ2v) is 5.44. The number of benzene rings is 2. The van der Waals surface area contributed by atoms with Crippen LogP contribution in [0.25, 0.3) is 0 Å². The number of carbonyl (C=O) groups excluding carboxylic acids is 1. The number of hydrogen-bond donors (Lipinski definition) is 2. The topological polar surface area (TPSA) is 55.1 Å². The first-order valence-electron chi connectivity index (χ1n) is 5.60. The summed E-state index contributed by atoms with van der Waals surface area (Å²) in [5.41, 5.74) is 8.41. The average Bonchev–Trinajstić information content (AvgIpc) is 2.36. The zero-order valence-electron chi connectivity index (χ0n) is 10.2. The summed E-state index contributed by atoms with van der Waals surface area (Å²) in [5.74, 6) is -0.230. The number of nitrogens with one attached hydrogen (secondary N) is 1. The summed E-state index contributed by atoms with van der Waals surface area (Å²) in [5, 5.41) is 3.28. The van der Waals surface area contributed by atoms with Gasteiger partial charge in [-0.1, -0.05) is 17.7 Å². The van der Waals surface area contributed by atoms with Gasteiger partial charge in [0.25, 0.3) is 5.91 Å². The molecule has 2 aromatic carbocycles. The second kappa shape index (κ2) is 5.63. The van der Waals surface area contributed by atoms with Gasteiger partial charge in [0, 0.05) is 15.7 Å². The van der Waals surface area contributed by atoms with E-state index in [1.807, 2.05) is 13.0 Å². The molecule has 0 fully saturated rings. The first kappa shape index (κ1) is 13.9. The van der Waals surface area contributed by atoms with E-state index in [2.05, 4.69) is 21.2 Å². The largest absolute Gasteiger partial charge is 0.398 e. The molecule has 1 amide bonds. The molecule has 0 aromatic heterocycles. The van der Waals surface area contributed by atoms with E-state index < -0.39 is 0 Å². The summed E-state index contributed by atoms with van der Waals surface area (Å²) in [6, 6.07) is 10.5. The Hall–Kier alpha value is -1.52. The van der Waals surface area contributed by atoms with Gasteiger partial charge in [-0.2, -0.15) is 0 Å².